The summed E-state index contributed by atoms with van der Waals surface area (Å²) in [6.45, 7) is 1.87. The minimum absolute atomic E-state index is 0.0103. The van der Waals surface area contributed by atoms with Gasteiger partial charge < -0.3 is 19.4 Å². The second-order valence-electron chi connectivity index (χ2n) is 7.85. The summed E-state index contributed by atoms with van der Waals surface area (Å²) in [5.74, 6) is 1.40. The Morgan fingerprint density at radius 1 is 1.19 bits per heavy atom. The SMILES string of the molecule is O=C(Nc1cccc(OCc2cn3ccccc3n2)c1)C1CCCN(c2cnccn2)C1. The molecule has 0 spiro atoms. The zero-order valence-corrected chi connectivity index (χ0v) is 17.6. The van der Waals surface area contributed by atoms with Gasteiger partial charge in [0.2, 0.25) is 5.91 Å². The standard InChI is InChI=1S/C24H24N6O2/c31-24(18-5-4-12-29(15-18)23-14-25-9-10-26-23)28-19-6-3-7-21(13-19)32-17-20-16-30-11-2-1-8-22(30)27-20/h1-3,6-11,13-14,16,18H,4-5,12,15,17H2,(H,28,31). The third-order valence-corrected chi connectivity index (χ3v) is 5.57. The molecule has 0 bridgehead atoms. The van der Waals surface area contributed by atoms with Gasteiger partial charge in [0.15, 0.2) is 0 Å². The van der Waals surface area contributed by atoms with Crippen molar-refractivity contribution in [2.75, 3.05) is 23.3 Å². The molecule has 1 atom stereocenters. The predicted molar refractivity (Wildman–Crippen MR) is 122 cm³/mol. The monoisotopic (exact) mass is 428 g/mol. The molecule has 5 rings (SSSR count). The number of aromatic nitrogens is 4. The number of carbonyl (C=O) groups is 1. The highest BCUT2D eigenvalue weighted by Crippen LogP contribution is 2.24. The van der Waals surface area contributed by atoms with E-state index < -0.39 is 0 Å². The Morgan fingerprint density at radius 3 is 3.03 bits per heavy atom. The number of pyridine rings is 1. The van der Waals surface area contributed by atoms with Gasteiger partial charge in [-0.2, -0.15) is 0 Å². The normalized spacial score (nSPS) is 16.1. The Bertz CT molecular complexity index is 1180. The molecule has 0 aliphatic carbocycles. The second-order valence-corrected chi connectivity index (χ2v) is 7.85. The number of piperidine rings is 1. The first-order chi connectivity index (χ1) is 15.7. The first-order valence-electron chi connectivity index (χ1n) is 10.7. The van der Waals surface area contributed by atoms with Crippen LogP contribution in [0.25, 0.3) is 5.65 Å². The van der Waals surface area contributed by atoms with Gasteiger partial charge in [-0.3, -0.25) is 9.78 Å². The number of rotatable bonds is 6. The zero-order chi connectivity index (χ0) is 21.8. The van der Waals surface area contributed by atoms with Gasteiger partial charge >= 0.3 is 0 Å². The van der Waals surface area contributed by atoms with E-state index in [2.05, 4.69) is 25.2 Å². The molecule has 1 aliphatic rings. The molecule has 1 saturated heterocycles. The molecule has 0 radical (unpaired) electrons. The molecule has 1 aliphatic heterocycles. The van der Waals surface area contributed by atoms with Gasteiger partial charge in [0.25, 0.3) is 0 Å². The summed E-state index contributed by atoms with van der Waals surface area (Å²) < 4.78 is 7.88. The summed E-state index contributed by atoms with van der Waals surface area (Å²) in [5.41, 5.74) is 2.45. The third-order valence-electron chi connectivity index (χ3n) is 5.57. The molecule has 1 unspecified atom stereocenters. The van der Waals surface area contributed by atoms with Crippen LogP contribution in [0.5, 0.6) is 5.75 Å². The van der Waals surface area contributed by atoms with Crippen molar-refractivity contribution in [3.05, 3.63) is 79.1 Å². The van der Waals surface area contributed by atoms with Crippen molar-refractivity contribution in [3.8, 4) is 5.75 Å². The van der Waals surface area contributed by atoms with E-state index in [1.807, 2.05) is 59.3 Å². The molecular weight excluding hydrogens is 404 g/mol. The molecule has 4 aromatic rings. The van der Waals surface area contributed by atoms with E-state index >= 15 is 0 Å². The van der Waals surface area contributed by atoms with Crippen molar-refractivity contribution < 1.29 is 9.53 Å². The van der Waals surface area contributed by atoms with Crippen LogP contribution in [0.3, 0.4) is 0 Å². The minimum Gasteiger partial charge on any atom is -0.487 e. The van der Waals surface area contributed by atoms with Gasteiger partial charge in [0.1, 0.15) is 23.8 Å². The molecular formula is C24H24N6O2. The van der Waals surface area contributed by atoms with E-state index in [0.29, 0.717) is 18.9 Å². The summed E-state index contributed by atoms with van der Waals surface area (Å²) in [6.07, 6.45) is 10.8. The maximum absolute atomic E-state index is 12.9. The maximum Gasteiger partial charge on any atom is 0.229 e. The fraction of sp³-hybridized carbons (Fsp3) is 0.250. The topological polar surface area (TPSA) is 84.6 Å². The largest absolute Gasteiger partial charge is 0.487 e. The number of benzene rings is 1. The van der Waals surface area contributed by atoms with E-state index in [1.165, 1.54) is 0 Å². The van der Waals surface area contributed by atoms with Crippen LogP contribution in [0.15, 0.2) is 73.4 Å². The van der Waals surface area contributed by atoms with E-state index in [-0.39, 0.29) is 11.8 Å². The van der Waals surface area contributed by atoms with E-state index in [9.17, 15) is 4.79 Å². The Hall–Kier alpha value is -3.94. The molecule has 1 N–H and O–H groups in total. The first kappa shape index (κ1) is 20.0. The van der Waals surface area contributed by atoms with E-state index in [4.69, 9.17) is 4.74 Å². The smallest absolute Gasteiger partial charge is 0.229 e. The van der Waals surface area contributed by atoms with Crippen LogP contribution in [0.4, 0.5) is 11.5 Å². The zero-order valence-electron chi connectivity index (χ0n) is 17.6. The van der Waals surface area contributed by atoms with Crippen molar-refractivity contribution >= 4 is 23.1 Å². The second kappa shape index (κ2) is 9.05. The van der Waals surface area contributed by atoms with Gasteiger partial charge in [-0.05, 0) is 37.1 Å². The van der Waals surface area contributed by atoms with Crippen molar-refractivity contribution in [2.24, 2.45) is 5.92 Å². The van der Waals surface area contributed by atoms with Crippen molar-refractivity contribution in [2.45, 2.75) is 19.4 Å². The minimum atomic E-state index is -0.103. The van der Waals surface area contributed by atoms with Crippen molar-refractivity contribution in [1.82, 2.24) is 19.4 Å². The van der Waals surface area contributed by atoms with Gasteiger partial charge in [0, 0.05) is 49.6 Å². The average Bonchev–Trinajstić information content (AvgIpc) is 3.27. The molecule has 1 fully saturated rings. The summed E-state index contributed by atoms with van der Waals surface area (Å²) in [4.78, 5) is 28.1. The highest BCUT2D eigenvalue weighted by Gasteiger charge is 2.26. The Balaban J connectivity index is 1.20. The van der Waals surface area contributed by atoms with E-state index in [1.54, 1.807) is 18.6 Å². The Labute approximate surface area is 185 Å². The van der Waals surface area contributed by atoms with E-state index in [0.717, 1.165) is 42.2 Å². The predicted octanol–water partition coefficient (Wildman–Crippen LogP) is 3.56. The summed E-state index contributed by atoms with van der Waals surface area (Å²) >= 11 is 0. The third kappa shape index (κ3) is 4.54. The fourth-order valence-electron chi connectivity index (χ4n) is 3.98. The molecule has 32 heavy (non-hydrogen) atoms. The number of hydrogen-bond acceptors (Lipinski definition) is 6. The van der Waals surface area contributed by atoms with Crippen LogP contribution in [-0.4, -0.2) is 38.3 Å². The van der Waals surface area contributed by atoms with Gasteiger partial charge in [0.05, 0.1) is 17.8 Å². The lowest BCUT2D eigenvalue weighted by molar-refractivity contribution is -0.120. The molecule has 1 amide bonds. The van der Waals surface area contributed by atoms with Crippen LogP contribution in [0.1, 0.15) is 18.5 Å². The quantitative estimate of drug-likeness (QED) is 0.506. The van der Waals surface area contributed by atoms with Crippen LogP contribution >= 0.6 is 0 Å². The summed E-state index contributed by atoms with van der Waals surface area (Å²) in [7, 11) is 0. The van der Waals surface area contributed by atoms with Crippen molar-refractivity contribution in [1.29, 1.82) is 0 Å². The molecule has 0 saturated carbocycles. The lowest BCUT2D eigenvalue weighted by Crippen LogP contribution is -2.41. The molecule has 1 aromatic carbocycles. The molecule has 4 heterocycles. The highest BCUT2D eigenvalue weighted by molar-refractivity contribution is 5.93. The Morgan fingerprint density at radius 2 is 2.16 bits per heavy atom. The number of nitrogens with zero attached hydrogens (tertiary/aromatic N) is 5. The lowest BCUT2D eigenvalue weighted by Gasteiger charge is -2.32. The van der Waals surface area contributed by atoms with Crippen molar-refractivity contribution in [3.63, 3.8) is 0 Å². The summed E-state index contributed by atoms with van der Waals surface area (Å²) in [6, 6.07) is 13.3. The average molecular weight is 428 g/mol. The van der Waals surface area contributed by atoms with Crippen LogP contribution in [0, 0.1) is 5.92 Å². The Kier molecular flexibility index (Phi) is 5.65. The highest BCUT2D eigenvalue weighted by atomic mass is 16.5. The number of amides is 1. The van der Waals surface area contributed by atoms with Crippen LogP contribution in [0.2, 0.25) is 0 Å². The number of ether oxygens (including phenoxy) is 1. The molecule has 8 nitrogen and oxygen atoms in total. The fourth-order valence-corrected chi connectivity index (χ4v) is 3.98. The molecule has 8 heteroatoms. The number of nitrogens with one attached hydrogen (secondary N) is 1. The lowest BCUT2D eigenvalue weighted by atomic mass is 9.97. The molecule has 3 aromatic heterocycles. The number of imidazole rings is 1. The van der Waals surface area contributed by atoms with Crippen LogP contribution < -0.4 is 15.0 Å². The number of hydrogen-bond donors (Lipinski definition) is 1. The van der Waals surface area contributed by atoms with Crippen LogP contribution in [-0.2, 0) is 11.4 Å². The van der Waals surface area contributed by atoms with Gasteiger partial charge in [-0.25, -0.2) is 9.97 Å². The van der Waals surface area contributed by atoms with Gasteiger partial charge in [-0.15, -0.1) is 0 Å². The molecule has 162 valence electrons. The van der Waals surface area contributed by atoms with Gasteiger partial charge in [-0.1, -0.05) is 12.1 Å². The summed E-state index contributed by atoms with van der Waals surface area (Å²) in [5, 5.41) is 3.04. The maximum atomic E-state index is 12.9. The first-order valence-corrected chi connectivity index (χ1v) is 10.7. The number of carbonyl (C=O) groups excluding carboxylic acids is 1. The number of anilines is 2. The number of fused-ring (bicyclic) bond motifs is 1.